The first-order chi connectivity index (χ1) is 13.0. The van der Waals surface area contributed by atoms with Crippen molar-refractivity contribution in [2.24, 2.45) is 11.1 Å². The van der Waals surface area contributed by atoms with Crippen LogP contribution in [0.5, 0.6) is 5.75 Å². The molecule has 0 bridgehead atoms. The van der Waals surface area contributed by atoms with Crippen LogP contribution < -0.4 is 15.8 Å². The summed E-state index contributed by atoms with van der Waals surface area (Å²) in [6, 6.07) is -0.257. The number of carbonyl (C=O) groups excluding carboxylic acids is 2. The van der Waals surface area contributed by atoms with Gasteiger partial charge in [0.1, 0.15) is 23.5 Å². The molecule has 156 valence electrons. The van der Waals surface area contributed by atoms with Gasteiger partial charge in [-0.05, 0) is 19.1 Å². The number of amides is 1. The number of benzene rings is 1. The van der Waals surface area contributed by atoms with E-state index in [-0.39, 0.29) is 17.9 Å². The summed E-state index contributed by atoms with van der Waals surface area (Å²) < 4.78 is 45.1. The molecule has 1 saturated heterocycles. The van der Waals surface area contributed by atoms with E-state index in [9.17, 15) is 14.0 Å². The molecule has 0 spiro atoms. The summed E-state index contributed by atoms with van der Waals surface area (Å²) in [6.45, 7) is 6.23. The maximum absolute atomic E-state index is 15.2. The fourth-order valence-corrected chi connectivity index (χ4v) is 2.52. The lowest BCUT2D eigenvalue weighted by molar-refractivity contribution is -0.312. The van der Waals surface area contributed by atoms with E-state index in [0.29, 0.717) is 0 Å². The standard InChI is InChI=1S/C19H26F2N2O5/c1-5-26-16(24)11-8-6-7-9-13(11)28-19(21)15(22)14(20)12(10-27-19)23-17(25)18(2,3)4/h6-9,12,14-15H,5,10,22H2,1-4H3,(H,23,25). The Morgan fingerprint density at radius 2 is 2.00 bits per heavy atom. The van der Waals surface area contributed by atoms with Crippen molar-refractivity contribution >= 4 is 11.9 Å². The number of ether oxygens (including phenoxy) is 3. The normalized spacial score (nSPS) is 27.8. The highest BCUT2D eigenvalue weighted by atomic mass is 19.2. The molecule has 4 atom stereocenters. The molecule has 1 fully saturated rings. The largest absolute Gasteiger partial charge is 0.462 e. The summed E-state index contributed by atoms with van der Waals surface area (Å²) in [6.07, 6.45) is -1.97. The van der Waals surface area contributed by atoms with Gasteiger partial charge < -0.3 is 25.3 Å². The zero-order valence-electron chi connectivity index (χ0n) is 16.3. The van der Waals surface area contributed by atoms with Crippen molar-refractivity contribution in [1.82, 2.24) is 5.32 Å². The number of rotatable bonds is 5. The van der Waals surface area contributed by atoms with Crippen LogP contribution in [0.25, 0.3) is 0 Å². The predicted octanol–water partition coefficient (Wildman–Crippen LogP) is 2.09. The Morgan fingerprint density at radius 3 is 2.61 bits per heavy atom. The molecule has 1 aromatic carbocycles. The van der Waals surface area contributed by atoms with Gasteiger partial charge in [-0.3, -0.25) is 4.79 Å². The Morgan fingerprint density at radius 1 is 1.36 bits per heavy atom. The van der Waals surface area contributed by atoms with E-state index in [2.05, 4.69) is 5.32 Å². The maximum Gasteiger partial charge on any atom is 0.382 e. The number of para-hydroxylation sites is 1. The van der Waals surface area contributed by atoms with Gasteiger partial charge in [0, 0.05) is 5.41 Å². The molecule has 3 N–H and O–H groups in total. The molecule has 1 amide bonds. The molecule has 1 aliphatic heterocycles. The summed E-state index contributed by atoms with van der Waals surface area (Å²) in [4.78, 5) is 24.1. The van der Waals surface area contributed by atoms with Crippen LogP contribution in [0.1, 0.15) is 38.1 Å². The fraction of sp³-hybridized carbons (Fsp3) is 0.579. The van der Waals surface area contributed by atoms with E-state index in [4.69, 9.17) is 19.9 Å². The quantitative estimate of drug-likeness (QED) is 0.735. The van der Waals surface area contributed by atoms with E-state index < -0.39 is 48.2 Å². The second kappa shape index (κ2) is 8.40. The molecule has 0 saturated carbocycles. The van der Waals surface area contributed by atoms with Gasteiger partial charge in [-0.2, -0.15) is 4.39 Å². The van der Waals surface area contributed by atoms with Crippen molar-refractivity contribution in [3.8, 4) is 5.75 Å². The van der Waals surface area contributed by atoms with Crippen LogP contribution in [-0.4, -0.2) is 49.4 Å². The average Bonchev–Trinajstić information content (AvgIpc) is 2.62. The molecule has 9 heteroatoms. The van der Waals surface area contributed by atoms with Crippen molar-refractivity contribution in [3.05, 3.63) is 29.8 Å². The monoisotopic (exact) mass is 400 g/mol. The second-order valence-corrected chi connectivity index (χ2v) is 7.51. The van der Waals surface area contributed by atoms with Gasteiger partial charge in [0.25, 0.3) is 0 Å². The van der Waals surface area contributed by atoms with E-state index in [1.54, 1.807) is 33.8 Å². The highest BCUT2D eigenvalue weighted by Crippen LogP contribution is 2.33. The van der Waals surface area contributed by atoms with E-state index in [0.717, 1.165) is 0 Å². The van der Waals surface area contributed by atoms with Gasteiger partial charge in [0.15, 0.2) is 0 Å². The number of nitrogens with two attached hydrogens (primary N) is 1. The van der Waals surface area contributed by atoms with E-state index >= 15 is 4.39 Å². The summed E-state index contributed by atoms with van der Waals surface area (Å²) in [5.74, 6) is -1.34. The van der Waals surface area contributed by atoms with Gasteiger partial charge in [-0.1, -0.05) is 32.9 Å². The Kier molecular flexibility index (Phi) is 6.61. The highest BCUT2D eigenvalue weighted by molar-refractivity contribution is 5.92. The van der Waals surface area contributed by atoms with Crippen LogP contribution in [0.15, 0.2) is 24.3 Å². The number of alkyl halides is 2. The number of carbonyl (C=O) groups is 2. The van der Waals surface area contributed by atoms with Crippen molar-refractivity contribution in [2.45, 2.75) is 52.0 Å². The number of nitrogens with one attached hydrogen (secondary N) is 1. The molecule has 1 aromatic rings. The Bertz CT molecular complexity index is 725. The third kappa shape index (κ3) is 4.77. The molecule has 1 heterocycles. The minimum absolute atomic E-state index is 0.0456. The second-order valence-electron chi connectivity index (χ2n) is 7.51. The van der Waals surface area contributed by atoms with Gasteiger partial charge in [0.05, 0.1) is 19.3 Å². The lowest BCUT2D eigenvalue weighted by Crippen LogP contribution is -2.67. The van der Waals surface area contributed by atoms with Gasteiger partial charge >= 0.3 is 12.0 Å². The SMILES string of the molecule is CCOC(=O)c1ccccc1OC1(F)OCC(NC(=O)C(C)(C)C)C(F)C1N. The van der Waals surface area contributed by atoms with Crippen LogP contribution in [0.3, 0.4) is 0 Å². The van der Waals surface area contributed by atoms with Gasteiger partial charge in [0.2, 0.25) is 5.91 Å². The van der Waals surface area contributed by atoms with Crippen LogP contribution in [-0.2, 0) is 14.3 Å². The van der Waals surface area contributed by atoms with Gasteiger partial charge in [-0.25, -0.2) is 9.18 Å². The first kappa shape index (κ1) is 22.0. The molecule has 7 nitrogen and oxygen atoms in total. The summed E-state index contributed by atoms with van der Waals surface area (Å²) in [7, 11) is 0. The third-order valence-corrected chi connectivity index (χ3v) is 4.21. The number of halogens is 2. The van der Waals surface area contributed by atoms with Crippen LogP contribution >= 0.6 is 0 Å². The smallest absolute Gasteiger partial charge is 0.382 e. The maximum atomic E-state index is 15.2. The van der Waals surface area contributed by atoms with Crippen LogP contribution in [0, 0.1) is 5.41 Å². The topological polar surface area (TPSA) is 99.9 Å². The zero-order chi connectivity index (χ0) is 21.1. The Labute approximate surface area is 162 Å². The molecule has 28 heavy (non-hydrogen) atoms. The van der Waals surface area contributed by atoms with Crippen molar-refractivity contribution < 1.29 is 32.6 Å². The fourth-order valence-electron chi connectivity index (χ4n) is 2.52. The Balaban J connectivity index is 2.16. The molecule has 0 aromatic heterocycles. The predicted molar refractivity (Wildman–Crippen MR) is 97.1 cm³/mol. The molecule has 1 aliphatic rings. The summed E-state index contributed by atoms with van der Waals surface area (Å²) in [5.41, 5.74) is 4.89. The minimum atomic E-state index is -3.02. The summed E-state index contributed by atoms with van der Waals surface area (Å²) >= 11 is 0. The van der Waals surface area contributed by atoms with E-state index in [1.807, 2.05) is 0 Å². The van der Waals surface area contributed by atoms with E-state index in [1.165, 1.54) is 18.2 Å². The third-order valence-electron chi connectivity index (χ3n) is 4.21. The zero-order valence-corrected chi connectivity index (χ0v) is 16.3. The molecule has 2 rings (SSSR count). The van der Waals surface area contributed by atoms with Crippen LogP contribution in [0.2, 0.25) is 0 Å². The molecule has 4 unspecified atom stereocenters. The summed E-state index contributed by atoms with van der Waals surface area (Å²) in [5, 5.41) is 2.47. The van der Waals surface area contributed by atoms with Crippen molar-refractivity contribution in [1.29, 1.82) is 0 Å². The number of esters is 1. The van der Waals surface area contributed by atoms with Crippen LogP contribution in [0.4, 0.5) is 8.78 Å². The molecule has 0 radical (unpaired) electrons. The molecular weight excluding hydrogens is 374 g/mol. The Hall–Kier alpha value is -2.26. The molecule has 0 aliphatic carbocycles. The lowest BCUT2D eigenvalue weighted by atomic mass is 9.93. The number of hydrogen-bond donors (Lipinski definition) is 2. The first-order valence-corrected chi connectivity index (χ1v) is 8.98. The average molecular weight is 400 g/mol. The first-order valence-electron chi connectivity index (χ1n) is 8.98. The van der Waals surface area contributed by atoms with Crippen molar-refractivity contribution in [3.63, 3.8) is 0 Å². The number of hydrogen-bond acceptors (Lipinski definition) is 6. The minimum Gasteiger partial charge on any atom is -0.462 e. The van der Waals surface area contributed by atoms with Crippen molar-refractivity contribution in [2.75, 3.05) is 13.2 Å². The van der Waals surface area contributed by atoms with Gasteiger partial charge in [-0.15, -0.1) is 0 Å². The lowest BCUT2D eigenvalue weighted by Gasteiger charge is -2.41. The highest BCUT2D eigenvalue weighted by Gasteiger charge is 2.54. The molecular formula is C19H26F2N2O5.